The SMILES string of the molecule is CCN1CCN(C(=O)C2(C(=O)N3CCc4ccccc4C3)CC2)CC1. The number of carbonyl (C=O) groups excluding carboxylic acids is 2. The number of piperazine rings is 1. The van der Waals surface area contributed by atoms with Gasteiger partial charge in [0.1, 0.15) is 5.41 Å². The molecule has 4 rings (SSSR count). The monoisotopic (exact) mass is 341 g/mol. The number of likely N-dealkylation sites (N-methyl/N-ethyl adjacent to an activating group) is 1. The molecular weight excluding hydrogens is 314 g/mol. The summed E-state index contributed by atoms with van der Waals surface area (Å²) in [5.74, 6) is 0.136. The van der Waals surface area contributed by atoms with E-state index in [4.69, 9.17) is 0 Å². The lowest BCUT2D eigenvalue weighted by Gasteiger charge is -2.37. The van der Waals surface area contributed by atoms with Crippen LogP contribution in [-0.4, -0.2) is 65.8 Å². The fourth-order valence-corrected chi connectivity index (χ4v) is 4.19. The van der Waals surface area contributed by atoms with Gasteiger partial charge in [0.25, 0.3) is 0 Å². The van der Waals surface area contributed by atoms with Crippen molar-refractivity contribution in [1.29, 1.82) is 0 Å². The van der Waals surface area contributed by atoms with Gasteiger partial charge in [-0.1, -0.05) is 31.2 Å². The molecule has 134 valence electrons. The maximum absolute atomic E-state index is 13.2. The molecule has 1 aromatic rings. The average Bonchev–Trinajstić information content (AvgIpc) is 3.48. The second-order valence-corrected chi connectivity index (χ2v) is 7.55. The molecule has 0 radical (unpaired) electrons. The number of fused-ring (bicyclic) bond motifs is 1. The van der Waals surface area contributed by atoms with E-state index in [0.717, 1.165) is 58.5 Å². The van der Waals surface area contributed by atoms with Gasteiger partial charge in [0, 0.05) is 39.3 Å². The standard InChI is InChI=1S/C20H27N3O2/c1-2-21-11-13-22(14-12-21)18(24)20(8-9-20)19(25)23-10-7-16-5-3-4-6-17(16)15-23/h3-6H,2,7-15H2,1H3. The molecule has 5 heteroatoms. The van der Waals surface area contributed by atoms with Crippen molar-refractivity contribution in [3.63, 3.8) is 0 Å². The first-order valence-corrected chi connectivity index (χ1v) is 9.52. The maximum atomic E-state index is 13.2. The lowest BCUT2D eigenvalue weighted by molar-refractivity contribution is -0.151. The summed E-state index contributed by atoms with van der Waals surface area (Å²) in [4.78, 5) is 32.4. The van der Waals surface area contributed by atoms with Crippen molar-refractivity contribution in [2.75, 3.05) is 39.3 Å². The van der Waals surface area contributed by atoms with Gasteiger partial charge in [-0.2, -0.15) is 0 Å². The van der Waals surface area contributed by atoms with Crippen LogP contribution in [0.4, 0.5) is 0 Å². The molecule has 0 N–H and O–H groups in total. The van der Waals surface area contributed by atoms with E-state index in [-0.39, 0.29) is 11.8 Å². The number of amides is 2. The number of hydrogen-bond acceptors (Lipinski definition) is 3. The Labute approximate surface area is 149 Å². The third-order valence-corrected chi connectivity index (χ3v) is 6.09. The number of benzene rings is 1. The van der Waals surface area contributed by atoms with Gasteiger partial charge >= 0.3 is 0 Å². The van der Waals surface area contributed by atoms with Gasteiger partial charge in [0.2, 0.25) is 11.8 Å². The van der Waals surface area contributed by atoms with Crippen molar-refractivity contribution < 1.29 is 9.59 Å². The third kappa shape index (κ3) is 2.95. The molecule has 2 heterocycles. The van der Waals surface area contributed by atoms with E-state index in [2.05, 4.69) is 30.0 Å². The van der Waals surface area contributed by atoms with Crippen LogP contribution in [-0.2, 0) is 22.6 Å². The van der Waals surface area contributed by atoms with Gasteiger partial charge in [0.05, 0.1) is 0 Å². The fraction of sp³-hybridized carbons (Fsp3) is 0.600. The van der Waals surface area contributed by atoms with Crippen molar-refractivity contribution in [2.24, 2.45) is 5.41 Å². The summed E-state index contributed by atoms with van der Waals surface area (Å²) in [7, 11) is 0. The highest BCUT2D eigenvalue weighted by molar-refractivity contribution is 6.08. The second-order valence-electron chi connectivity index (χ2n) is 7.55. The summed E-state index contributed by atoms with van der Waals surface area (Å²) in [5, 5.41) is 0. The Hall–Kier alpha value is -1.88. The second kappa shape index (κ2) is 6.45. The summed E-state index contributed by atoms with van der Waals surface area (Å²) in [6, 6.07) is 8.32. The first kappa shape index (κ1) is 16.6. The van der Waals surface area contributed by atoms with Crippen LogP contribution in [0.25, 0.3) is 0 Å². The highest BCUT2D eigenvalue weighted by Crippen LogP contribution is 2.49. The molecule has 0 spiro atoms. The minimum atomic E-state index is -0.749. The van der Waals surface area contributed by atoms with Crippen LogP contribution in [0.15, 0.2) is 24.3 Å². The van der Waals surface area contributed by atoms with Crippen LogP contribution in [0.5, 0.6) is 0 Å². The smallest absolute Gasteiger partial charge is 0.238 e. The van der Waals surface area contributed by atoms with Crippen LogP contribution < -0.4 is 0 Å². The molecule has 25 heavy (non-hydrogen) atoms. The van der Waals surface area contributed by atoms with Gasteiger partial charge < -0.3 is 14.7 Å². The summed E-state index contributed by atoms with van der Waals surface area (Å²) in [6.45, 7) is 7.90. The quantitative estimate of drug-likeness (QED) is 0.783. The zero-order valence-corrected chi connectivity index (χ0v) is 15.0. The third-order valence-electron chi connectivity index (χ3n) is 6.09. The summed E-state index contributed by atoms with van der Waals surface area (Å²) in [6.07, 6.45) is 2.33. The topological polar surface area (TPSA) is 43.9 Å². The molecule has 3 aliphatic rings. The van der Waals surface area contributed by atoms with Gasteiger partial charge in [-0.05, 0) is 36.9 Å². The van der Waals surface area contributed by atoms with Crippen LogP contribution >= 0.6 is 0 Å². The zero-order valence-electron chi connectivity index (χ0n) is 15.0. The molecule has 1 saturated heterocycles. The van der Waals surface area contributed by atoms with Crippen molar-refractivity contribution in [3.8, 4) is 0 Å². The molecule has 5 nitrogen and oxygen atoms in total. The predicted octanol–water partition coefficient (Wildman–Crippen LogP) is 1.52. The van der Waals surface area contributed by atoms with E-state index >= 15 is 0 Å². The van der Waals surface area contributed by atoms with Crippen molar-refractivity contribution in [3.05, 3.63) is 35.4 Å². The maximum Gasteiger partial charge on any atom is 0.238 e. The molecule has 0 atom stereocenters. The normalized spacial score (nSPS) is 22.4. The predicted molar refractivity (Wildman–Crippen MR) is 95.9 cm³/mol. The van der Waals surface area contributed by atoms with Crippen LogP contribution in [0.2, 0.25) is 0 Å². The van der Waals surface area contributed by atoms with Crippen molar-refractivity contribution in [1.82, 2.24) is 14.7 Å². The Kier molecular flexibility index (Phi) is 4.28. The molecule has 1 aliphatic carbocycles. The van der Waals surface area contributed by atoms with Crippen LogP contribution in [0.3, 0.4) is 0 Å². The van der Waals surface area contributed by atoms with Crippen LogP contribution in [0.1, 0.15) is 30.9 Å². The molecule has 2 aliphatic heterocycles. The van der Waals surface area contributed by atoms with Gasteiger partial charge in [0.15, 0.2) is 0 Å². The summed E-state index contributed by atoms with van der Waals surface area (Å²) in [5.41, 5.74) is 1.81. The highest BCUT2D eigenvalue weighted by Gasteiger charge is 2.59. The fourth-order valence-electron chi connectivity index (χ4n) is 4.19. The van der Waals surface area contributed by atoms with Gasteiger partial charge in [-0.3, -0.25) is 9.59 Å². The minimum Gasteiger partial charge on any atom is -0.339 e. The molecular formula is C20H27N3O2. The Balaban J connectivity index is 1.44. The Morgan fingerprint density at radius 3 is 2.20 bits per heavy atom. The Morgan fingerprint density at radius 1 is 0.920 bits per heavy atom. The van der Waals surface area contributed by atoms with E-state index < -0.39 is 5.41 Å². The number of carbonyl (C=O) groups is 2. The average molecular weight is 341 g/mol. The minimum absolute atomic E-state index is 0.0601. The molecule has 2 amide bonds. The lowest BCUT2D eigenvalue weighted by atomic mass is 9.96. The first-order chi connectivity index (χ1) is 12.1. The van der Waals surface area contributed by atoms with E-state index in [1.165, 1.54) is 11.1 Å². The zero-order chi connectivity index (χ0) is 17.4. The largest absolute Gasteiger partial charge is 0.339 e. The van der Waals surface area contributed by atoms with Crippen molar-refractivity contribution >= 4 is 11.8 Å². The summed E-state index contributed by atoms with van der Waals surface area (Å²) < 4.78 is 0. The number of rotatable bonds is 3. The van der Waals surface area contributed by atoms with E-state index in [1.54, 1.807) is 0 Å². The van der Waals surface area contributed by atoms with E-state index in [1.807, 2.05) is 15.9 Å². The van der Waals surface area contributed by atoms with E-state index in [0.29, 0.717) is 6.54 Å². The van der Waals surface area contributed by atoms with E-state index in [9.17, 15) is 9.59 Å². The molecule has 2 fully saturated rings. The number of nitrogens with zero attached hydrogens (tertiary/aromatic N) is 3. The lowest BCUT2D eigenvalue weighted by Crippen LogP contribution is -2.54. The van der Waals surface area contributed by atoms with Gasteiger partial charge in [-0.25, -0.2) is 0 Å². The van der Waals surface area contributed by atoms with Crippen molar-refractivity contribution in [2.45, 2.75) is 32.7 Å². The molecule has 0 bridgehead atoms. The molecule has 1 saturated carbocycles. The first-order valence-electron chi connectivity index (χ1n) is 9.52. The molecule has 0 aromatic heterocycles. The number of hydrogen-bond donors (Lipinski definition) is 0. The summed E-state index contributed by atoms with van der Waals surface area (Å²) >= 11 is 0. The molecule has 0 unspecified atom stereocenters. The molecule has 1 aromatic carbocycles. The Morgan fingerprint density at radius 2 is 1.56 bits per heavy atom. The van der Waals surface area contributed by atoms with Crippen LogP contribution in [0, 0.1) is 5.41 Å². The highest BCUT2D eigenvalue weighted by atomic mass is 16.2. The Bertz CT molecular complexity index is 675. The van der Waals surface area contributed by atoms with Gasteiger partial charge in [-0.15, -0.1) is 0 Å².